The van der Waals surface area contributed by atoms with Gasteiger partial charge in [0.25, 0.3) is 5.91 Å². The zero-order valence-electron chi connectivity index (χ0n) is 13.1. The standard InChI is InChI=1S/C18H19IN2OS/c1-3-12(2)15-9-4-5-10-16(15)20-18(23)21-17(22)13-7-6-8-14(19)11-13/h4-12H,3H2,1-2H3,(H2,20,21,22,23)/t12-/m1/s1. The van der Waals surface area contributed by atoms with Gasteiger partial charge in [0.05, 0.1) is 0 Å². The highest BCUT2D eigenvalue weighted by molar-refractivity contribution is 14.1. The number of para-hydroxylation sites is 1. The molecular formula is C18H19IN2OS. The van der Waals surface area contributed by atoms with Crippen molar-refractivity contribution in [3.63, 3.8) is 0 Å². The van der Waals surface area contributed by atoms with Gasteiger partial charge in [-0.3, -0.25) is 10.1 Å². The quantitative estimate of drug-likeness (QED) is 0.526. The van der Waals surface area contributed by atoms with E-state index in [4.69, 9.17) is 12.2 Å². The topological polar surface area (TPSA) is 41.1 Å². The van der Waals surface area contributed by atoms with Crippen molar-refractivity contribution in [2.24, 2.45) is 0 Å². The lowest BCUT2D eigenvalue weighted by molar-refractivity contribution is 0.0977. The molecule has 0 spiro atoms. The van der Waals surface area contributed by atoms with E-state index in [0.717, 1.165) is 15.7 Å². The Morgan fingerprint density at radius 2 is 1.96 bits per heavy atom. The molecule has 0 bridgehead atoms. The SMILES string of the molecule is CC[C@@H](C)c1ccccc1NC(=S)NC(=O)c1cccc(I)c1. The molecule has 5 heteroatoms. The van der Waals surface area contributed by atoms with E-state index >= 15 is 0 Å². The van der Waals surface area contributed by atoms with Gasteiger partial charge in [-0.05, 0) is 77.0 Å². The highest BCUT2D eigenvalue weighted by Crippen LogP contribution is 2.26. The number of rotatable bonds is 4. The Hall–Kier alpha value is -1.47. The maximum atomic E-state index is 12.2. The number of halogens is 1. The van der Waals surface area contributed by atoms with Gasteiger partial charge in [0, 0.05) is 14.8 Å². The van der Waals surface area contributed by atoms with Crippen molar-refractivity contribution in [1.29, 1.82) is 0 Å². The largest absolute Gasteiger partial charge is 0.332 e. The summed E-state index contributed by atoms with van der Waals surface area (Å²) in [5, 5.41) is 6.18. The molecule has 2 aromatic rings. The lowest BCUT2D eigenvalue weighted by Crippen LogP contribution is -2.34. The molecule has 0 heterocycles. The Labute approximate surface area is 156 Å². The van der Waals surface area contributed by atoms with Gasteiger partial charge in [-0.25, -0.2) is 0 Å². The molecule has 3 nitrogen and oxygen atoms in total. The smallest absolute Gasteiger partial charge is 0.257 e. The van der Waals surface area contributed by atoms with E-state index in [-0.39, 0.29) is 5.91 Å². The molecule has 0 saturated heterocycles. The Morgan fingerprint density at radius 3 is 2.65 bits per heavy atom. The van der Waals surface area contributed by atoms with Gasteiger partial charge < -0.3 is 5.32 Å². The highest BCUT2D eigenvalue weighted by Gasteiger charge is 2.12. The van der Waals surface area contributed by atoms with Crippen molar-refractivity contribution in [2.45, 2.75) is 26.2 Å². The first-order chi connectivity index (χ1) is 11.0. The molecule has 0 saturated carbocycles. The maximum absolute atomic E-state index is 12.2. The summed E-state index contributed by atoms with van der Waals surface area (Å²) in [6, 6.07) is 15.4. The van der Waals surface area contributed by atoms with Crippen LogP contribution in [-0.4, -0.2) is 11.0 Å². The van der Waals surface area contributed by atoms with Crippen molar-refractivity contribution >= 4 is 51.5 Å². The second-order valence-electron chi connectivity index (χ2n) is 5.32. The number of benzene rings is 2. The Balaban J connectivity index is 2.07. The van der Waals surface area contributed by atoms with Crippen LogP contribution in [0.25, 0.3) is 0 Å². The first-order valence-corrected chi connectivity index (χ1v) is 8.96. The van der Waals surface area contributed by atoms with Crippen LogP contribution >= 0.6 is 34.8 Å². The predicted molar refractivity (Wildman–Crippen MR) is 108 cm³/mol. The maximum Gasteiger partial charge on any atom is 0.257 e. The number of thiocarbonyl (C=S) groups is 1. The van der Waals surface area contributed by atoms with E-state index in [1.807, 2.05) is 36.4 Å². The normalized spacial score (nSPS) is 11.6. The molecule has 23 heavy (non-hydrogen) atoms. The molecule has 0 fully saturated rings. The average molecular weight is 438 g/mol. The van der Waals surface area contributed by atoms with Crippen LogP contribution in [0.2, 0.25) is 0 Å². The number of hydrogen-bond acceptors (Lipinski definition) is 2. The fourth-order valence-corrected chi connectivity index (χ4v) is 2.96. The number of anilines is 1. The van der Waals surface area contributed by atoms with Crippen LogP contribution in [0.15, 0.2) is 48.5 Å². The Morgan fingerprint density at radius 1 is 1.22 bits per heavy atom. The van der Waals surface area contributed by atoms with E-state index in [1.165, 1.54) is 5.56 Å². The summed E-state index contributed by atoms with van der Waals surface area (Å²) in [5.41, 5.74) is 2.73. The summed E-state index contributed by atoms with van der Waals surface area (Å²) >= 11 is 7.46. The molecule has 120 valence electrons. The summed E-state index contributed by atoms with van der Waals surface area (Å²) in [6.07, 6.45) is 1.04. The lowest BCUT2D eigenvalue weighted by atomic mass is 9.97. The predicted octanol–water partition coefficient (Wildman–Crippen LogP) is 4.93. The fourth-order valence-electron chi connectivity index (χ4n) is 2.22. The molecule has 1 atom stereocenters. The van der Waals surface area contributed by atoms with Crippen molar-refractivity contribution in [3.8, 4) is 0 Å². The summed E-state index contributed by atoms with van der Waals surface area (Å²) in [6.45, 7) is 4.33. The van der Waals surface area contributed by atoms with Crippen LogP contribution in [0, 0.1) is 3.57 Å². The number of carbonyl (C=O) groups excluding carboxylic acids is 1. The van der Waals surface area contributed by atoms with Crippen LogP contribution in [0.1, 0.15) is 42.1 Å². The molecule has 0 aromatic heterocycles. The third-order valence-corrected chi connectivity index (χ3v) is 4.54. The molecule has 2 aromatic carbocycles. The minimum absolute atomic E-state index is 0.206. The summed E-state index contributed by atoms with van der Waals surface area (Å²) in [5.74, 6) is 0.218. The Kier molecular flexibility index (Phi) is 6.53. The summed E-state index contributed by atoms with van der Waals surface area (Å²) < 4.78 is 1.01. The number of hydrogen-bond donors (Lipinski definition) is 2. The van der Waals surface area contributed by atoms with E-state index in [0.29, 0.717) is 16.6 Å². The number of nitrogens with one attached hydrogen (secondary N) is 2. The average Bonchev–Trinajstić information content (AvgIpc) is 2.54. The monoisotopic (exact) mass is 438 g/mol. The highest BCUT2D eigenvalue weighted by atomic mass is 127. The minimum Gasteiger partial charge on any atom is -0.332 e. The van der Waals surface area contributed by atoms with E-state index in [1.54, 1.807) is 6.07 Å². The van der Waals surface area contributed by atoms with Crippen LogP contribution in [0.5, 0.6) is 0 Å². The van der Waals surface area contributed by atoms with Gasteiger partial charge in [0.1, 0.15) is 0 Å². The summed E-state index contributed by atoms with van der Waals surface area (Å²) in [7, 11) is 0. The van der Waals surface area contributed by atoms with Crippen molar-refractivity contribution in [1.82, 2.24) is 5.32 Å². The molecule has 0 unspecified atom stereocenters. The molecule has 0 aliphatic heterocycles. The van der Waals surface area contributed by atoms with Crippen LogP contribution in [0.3, 0.4) is 0 Å². The molecular weight excluding hydrogens is 419 g/mol. The van der Waals surface area contributed by atoms with Crippen LogP contribution in [-0.2, 0) is 0 Å². The van der Waals surface area contributed by atoms with Gasteiger partial charge in [-0.15, -0.1) is 0 Å². The van der Waals surface area contributed by atoms with Crippen molar-refractivity contribution in [3.05, 3.63) is 63.2 Å². The lowest BCUT2D eigenvalue weighted by Gasteiger charge is -2.17. The summed E-state index contributed by atoms with van der Waals surface area (Å²) in [4.78, 5) is 12.2. The van der Waals surface area contributed by atoms with Crippen LogP contribution in [0.4, 0.5) is 5.69 Å². The minimum atomic E-state index is -0.206. The van der Waals surface area contributed by atoms with E-state index in [2.05, 4.69) is 53.1 Å². The third-order valence-electron chi connectivity index (χ3n) is 3.67. The molecule has 0 radical (unpaired) electrons. The van der Waals surface area contributed by atoms with Crippen molar-refractivity contribution < 1.29 is 4.79 Å². The molecule has 1 amide bonds. The number of carbonyl (C=O) groups is 1. The van der Waals surface area contributed by atoms with Gasteiger partial charge >= 0.3 is 0 Å². The molecule has 0 aliphatic rings. The van der Waals surface area contributed by atoms with E-state index < -0.39 is 0 Å². The van der Waals surface area contributed by atoms with Gasteiger partial charge in [-0.1, -0.05) is 38.1 Å². The second kappa shape index (κ2) is 8.40. The van der Waals surface area contributed by atoms with Crippen LogP contribution < -0.4 is 10.6 Å². The van der Waals surface area contributed by atoms with Gasteiger partial charge in [0.15, 0.2) is 5.11 Å². The van der Waals surface area contributed by atoms with Gasteiger partial charge in [-0.2, -0.15) is 0 Å². The first kappa shape index (κ1) is 17.9. The zero-order chi connectivity index (χ0) is 16.8. The second-order valence-corrected chi connectivity index (χ2v) is 6.97. The first-order valence-electron chi connectivity index (χ1n) is 7.48. The van der Waals surface area contributed by atoms with E-state index in [9.17, 15) is 4.79 Å². The molecule has 2 rings (SSSR count). The zero-order valence-corrected chi connectivity index (χ0v) is 16.1. The van der Waals surface area contributed by atoms with Crippen molar-refractivity contribution in [2.75, 3.05) is 5.32 Å². The Bertz CT molecular complexity index is 718. The number of amides is 1. The molecule has 0 aliphatic carbocycles. The third kappa shape index (κ3) is 5.00. The van der Waals surface area contributed by atoms with Gasteiger partial charge in [0.2, 0.25) is 0 Å². The fraction of sp³-hybridized carbons (Fsp3) is 0.222. The molecule has 2 N–H and O–H groups in total.